The molecule has 5 nitrogen and oxygen atoms in total. The molecule has 1 fully saturated rings. The topological polar surface area (TPSA) is 52.7 Å². The summed E-state index contributed by atoms with van der Waals surface area (Å²) in [6.07, 6.45) is 1.38. The minimum Gasteiger partial charge on any atom is -0.346 e. The second-order valence-corrected chi connectivity index (χ2v) is 6.29. The Hall–Kier alpha value is -1.59. The molecule has 22 heavy (non-hydrogen) atoms. The van der Waals surface area contributed by atoms with Crippen molar-refractivity contribution >= 4 is 23.4 Å². The first kappa shape index (κ1) is 16.8. The highest BCUT2D eigenvalue weighted by Crippen LogP contribution is 2.17. The van der Waals surface area contributed by atoms with Crippen LogP contribution in [0.2, 0.25) is 5.02 Å². The Labute approximate surface area is 136 Å². The van der Waals surface area contributed by atoms with Crippen molar-refractivity contribution < 1.29 is 9.59 Å². The molecule has 1 N–H and O–H groups in total. The van der Waals surface area contributed by atoms with Gasteiger partial charge in [0.15, 0.2) is 0 Å². The van der Waals surface area contributed by atoms with E-state index in [0.29, 0.717) is 24.5 Å². The first-order valence-corrected chi connectivity index (χ1v) is 7.81. The zero-order valence-electron chi connectivity index (χ0n) is 13.0. The molecule has 6 heteroatoms. The van der Waals surface area contributed by atoms with Crippen LogP contribution in [0.4, 0.5) is 0 Å². The predicted molar refractivity (Wildman–Crippen MR) is 86.7 cm³/mol. The quantitative estimate of drug-likeness (QED) is 0.866. The molecule has 2 amide bonds. The summed E-state index contributed by atoms with van der Waals surface area (Å²) in [7, 11) is 3.91. The van der Waals surface area contributed by atoms with Gasteiger partial charge in [-0.05, 0) is 38.2 Å². The molecule has 120 valence electrons. The van der Waals surface area contributed by atoms with Crippen LogP contribution in [0.3, 0.4) is 0 Å². The van der Waals surface area contributed by atoms with Gasteiger partial charge in [-0.2, -0.15) is 0 Å². The molecule has 0 aromatic heterocycles. The monoisotopic (exact) mass is 323 g/mol. The number of amides is 2. The fourth-order valence-electron chi connectivity index (χ4n) is 2.58. The van der Waals surface area contributed by atoms with Crippen LogP contribution >= 0.6 is 11.6 Å². The molecule has 1 saturated heterocycles. The minimum atomic E-state index is -0.128. The van der Waals surface area contributed by atoms with Gasteiger partial charge in [-0.3, -0.25) is 9.59 Å². The van der Waals surface area contributed by atoms with E-state index in [1.54, 1.807) is 4.90 Å². The maximum atomic E-state index is 12.2. The lowest BCUT2D eigenvalue weighted by Gasteiger charge is -2.24. The van der Waals surface area contributed by atoms with Gasteiger partial charge in [0, 0.05) is 24.5 Å². The summed E-state index contributed by atoms with van der Waals surface area (Å²) in [4.78, 5) is 27.5. The van der Waals surface area contributed by atoms with Crippen LogP contribution < -0.4 is 5.32 Å². The van der Waals surface area contributed by atoms with E-state index in [9.17, 15) is 9.59 Å². The lowest BCUT2D eigenvalue weighted by atomic mass is 10.1. The molecule has 1 aliphatic rings. The van der Waals surface area contributed by atoms with E-state index in [1.807, 2.05) is 43.3 Å². The number of nitrogens with zero attached hydrogens (tertiary/aromatic N) is 2. The fourth-order valence-corrected chi connectivity index (χ4v) is 2.71. The molecular formula is C16H22ClN3O2. The number of hydrogen-bond donors (Lipinski definition) is 1. The molecule has 1 heterocycles. The van der Waals surface area contributed by atoms with Gasteiger partial charge in [0.05, 0.1) is 12.6 Å². The number of carbonyl (C=O) groups excluding carboxylic acids is 2. The van der Waals surface area contributed by atoms with E-state index >= 15 is 0 Å². The Morgan fingerprint density at radius 2 is 2.05 bits per heavy atom. The summed E-state index contributed by atoms with van der Waals surface area (Å²) in [5.41, 5.74) is 0.999. The molecule has 0 aliphatic carbocycles. The summed E-state index contributed by atoms with van der Waals surface area (Å²) < 4.78 is 0. The highest BCUT2D eigenvalue weighted by molar-refractivity contribution is 6.30. The van der Waals surface area contributed by atoms with Gasteiger partial charge in [0.2, 0.25) is 11.8 Å². The smallest absolute Gasteiger partial charge is 0.240 e. The van der Waals surface area contributed by atoms with Crippen molar-refractivity contribution in [3.05, 3.63) is 34.9 Å². The predicted octanol–water partition coefficient (Wildman–Crippen LogP) is 1.68. The molecule has 0 spiro atoms. The Morgan fingerprint density at radius 1 is 1.36 bits per heavy atom. The molecule has 1 aromatic rings. The molecule has 1 atom stereocenters. The van der Waals surface area contributed by atoms with Crippen molar-refractivity contribution in [3.8, 4) is 0 Å². The number of rotatable bonds is 6. The standard InChI is InChI=1S/C16H22ClN3O2/c1-19(2)10-14(12-5-7-13(17)8-6-12)18-15(21)11-20-9-3-4-16(20)22/h5-8,14H,3-4,9-11H2,1-2H3,(H,18,21). The van der Waals surface area contributed by atoms with E-state index in [1.165, 1.54) is 0 Å². The highest BCUT2D eigenvalue weighted by Gasteiger charge is 2.24. The lowest BCUT2D eigenvalue weighted by Crippen LogP contribution is -2.41. The van der Waals surface area contributed by atoms with Crippen LogP contribution in [-0.2, 0) is 9.59 Å². The molecule has 1 aliphatic heterocycles. The Morgan fingerprint density at radius 3 is 2.59 bits per heavy atom. The number of likely N-dealkylation sites (N-methyl/N-ethyl adjacent to an activating group) is 1. The Balaban J connectivity index is 2.01. The zero-order valence-corrected chi connectivity index (χ0v) is 13.8. The van der Waals surface area contributed by atoms with Crippen LogP contribution in [0.15, 0.2) is 24.3 Å². The normalized spacial score (nSPS) is 16.2. The SMILES string of the molecule is CN(C)CC(NC(=O)CN1CCCC1=O)c1ccc(Cl)cc1. The lowest BCUT2D eigenvalue weighted by molar-refractivity contribution is -0.133. The zero-order chi connectivity index (χ0) is 16.1. The van der Waals surface area contributed by atoms with Gasteiger partial charge >= 0.3 is 0 Å². The largest absolute Gasteiger partial charge is 0.346 e. The number of benzene rings is 1. The molecule has 1 aromatic carbocycles. The van der Waals surface area contributed by atoms with E-state index in [4.69, 9.17) is 11.6 Å². The average Bonchev–Trinajstić information content (AvgIpc) is 2.84. The van der Waals surface area contributed by atoms with Crippen molar-refractivity contribution in [2.24, 2.45) is 0 Å². The number of nitrogens with one attached hydrogen (secondary N) is 1. The van der Waals surface area contributed by atoms with Crippen LogP contribution in [0.1, 0.15) is 24.4 Å². The van der Waals surface area contributed by atoms with Gasteiger partial charge in [0.25, 0.3) is 0 Å². The van der Waals surface area contributed by atoms with Crippen molar-refractivity contribution in [1.29, 1.82) is 0 Å². The minimum absolute atomic E-state index is 0.0609. The van der Waals surface area contributed by atoms with E-state index in [-0.39, 0.29) is 24.4 Å². The summed E-state index contributed by atoms with van der Waals surface area (Å²) in [5, 5.41) is 3.68. The molecule has 0 saturated carbocycles. The van der Waals surface area contributed by atoms with Crippen LogP contribution in [0, 0.1) is 0 Å². The van der Waals surface area contributed by atoms with E-state index in [0.717, 1.165) is 12.0 Å². The van der Waals surface area contributed by atoms with Crippen LogP contribution in [0.25, 0.3) is 0 Å². The van der Waals surface area contributed by atoms with Gasteiger partial charge in [-0.25, -0.2) is 0 Å². The van der Waals surface area contributed by atoms with E-state index in [2.05, 4.69) is 5.32 Å². The fraction of sp³-hybridized carbons (Fsp3) is 0.500. The van der Waals surface area contributed by atoms with Gasteiger partial charge in [-0.1, -0.05) is 23.7 Å². The van der Waals surface area contributed by atoms with Crippen LogP contribution in [0.5, 0.6) is 0 Å². The number of likely N-dealkylation sites (tertiary alicyclic amines) is 1. The van der Waals surface area contributed by atoms with Crippen molar-refractivity contribution in [2.45, 2.75) is 18.9 Å². The summed E-state index contributed by atoms with van der Waals surface area (Å²) in [6, 6.07) is 7.33. The third kappa shape index (κ3) is 4.71. The van der Waals surface area contributed by atoms with Crippen molar-refractivity contribution in [1.82, 2.24) is 15.1 Å². The van der Waals surface area contributed by atoms with Crippen LogP contribution in [-0.4, -0.2) is 55.3 Å². The summed E-state index contributed by atoms with van der Waals surface area (Å²) in [5.74, 6) is -0.0668. The molecule has 1 unspecified atom stereocenters. The third-order valence-electron chi connectivity index (χ3n) is 3.66. The molecular weight excluding hydrogens is 302 g/mol. The molecule has 2 rings (SSSR count). The average molecular weight is 324 g/mol. The Kier molecular flexibility index (Phi) is 5.80. The van der Waals surface area contributed by atoms with Gasteiger partial charge in [0.1, 0.15) is 0 Å². The first-order chi connectivity index (χ1) is 10.5. The molecule has 0 bridgehead atoms. The maximum absolute atomic E-state index is 12.2. The maximum Gasteiger partial charge on any atom is 0.240 e. The number of hydrogen-bond acceptors (Lipinski definition) is 3. The second kappa shape index (κ2) is 7.61. The first-order valence-electron chi connectivity index (χ1n) is 7.43. The highest BCUT2D eigenvalue weighted by atomic mass is 35.5. The van der Waals surface area contributed by atoms with Gasteiger partial charge < -0.3 is 15.1 Å². The number of halogens is 1. The van der Waals surface area contributed by atoms with Crippen molar-refractivity contribution in [2.75, 3.05) is 33.7 Å². The third-order valence-corrected chi connectivity index (χ3v) is 3.91. The number of carbonyl (C=O) groups is 2. The summed E-state index contributed by atoms with van der Waals surface area (Å²) >= 11 is 5.92. The van der Waals surface area contributed by atoms with E-state index < -0.39 is 0 Å². The molecule has 0 radical (unpaired) electrons. The summed E-state index contributed by atoms with van der Waals surface area (Å²) in [6.45, 7) is 1.49. The second-order valence-electron chi connectivity index (χ2n) is 5.85. The van der Waals surface area contributed by atoms with Crippen molar-refractivity contribution in [3.63, 3.8) is 0 Å². The Bertz CT molecular complexity index is 531. The van der Waals surface area contributed by atoms with Gasteiger partial charge in [-0.15, -0.1) is 0 Å².